The quantitative estimate of drug-likeness (QED) is 0.375. The van der Waals surface area contributed by atoms with Gasteiger partial charge in [-0.15, -0.1) is 0 Å². The van der Waals surface area contributed by atoms with Gasteiger partial charge in [-0.2, -0.15) is 0 Å². The van der Waals surface area contributed by atoms with E-state index in [9.17, 15) is 13.2 Å². The first-order valence-corrected chi connectivity index (χ1v) is 14.2. The Labute approximate surface area is 232 Å². The lowest BCUT2D eigenvalue weighted by Gasteiger charge is -2.35. The second-order valence-electron chi connectivity index (χ2n) is 8.86. The van der Waals surface area contributed by atoms with Crippen molar-refractivity contribution in [3.63, 3.8) is 0 Å². The first-order valence-electron chi connectivity index (χ1n) is 12.0. The van der Waals surface area contributed by atoms with Crippen LogP contribution in [-0.4, -0.2) is 59.2 Å². The molecule has 38 heavy (non-hydrogen) atoms. The fraction of sp³-hybridized carbons (Fsp3) is 0.296. The van der Waals surface area contributed by atoms with Gasteiger partial charge < -0.3 is 14.8 Å². The van der Waals surface area contributed by atoms with Crippen LogP contribution >= 0.6 is 23.2 Å². The molecule has 1 unspecified atom stereocenters. The van der Waals surface area contributed by atoms with Crippen molar-refractivity contribution in [2.45, 2.75) is 17.9 Å². The van der Waals surface area contributed by atoms with Gasteiger partial charge in [0, 0.05) is 30.2 Å². The van der Waals surface area contributed by atoms with Gasteiger partial charge in [0.15, 0.2) is 0 Å². The summed E-state index contributed by atoms with van der Waals surface area (Å²) >= 11 is 12.4. The molecule has 202 valence electrons. The highest BCUT2D eigenvalue weighted by molar-refractivity contribution is 7.92. The fourth-order valence-corrected chi connectivity index (χ4v) is 5.94. The normalized spacial score (nSPS) is 15.1. The van der Waals surface area contributed by atoms with Crippen LogP contribution in [0.1, 0.15) is 27.5 Å². The first-order chi connectivity index (χ1) is 18.2. The van der Waals surface area contributed by atoms with Crippen molar-refractivity contribution in [3.8, 4) is 5.75 Å². The van der Waals surface area contributed by atoms with Crippen LogP contribution in [0.3, 0.4) is 0 Å². The van der Waals surface area contributed by atoms with Crippen molar-refractivity contribution < 1.29 is 22.7 Å². The molecular weight excluding hydrogens is 549 g/mol. The van der Waals surface area contributed by atoms with Crippen LogP contribution in [0, 0.1) is 6.92 Å². The van der Waals surface area contributed by atoms with Gasteiger partial charge in [0.25, 0.3) is 15.9 Å². The molecule has 1 atom stereocenters. The number of benzene rings is 3. The molecule has 0 aliphatic carbocycles. The van der Waals surface area contributed by atoms with E-state index in [1.165, 1.54) is 24.3 Å². The molecule has 1 heterocycles. The number of morpholine rings is 1. The molecule has 1 aliphatic rings. The number of nitrogens with zero attached hydrogens (tertiary/aromatic N) is 1. The lowest BCUT2D eigenvalue weighted by Crippen LogP contribution is -2.43. The number of carbonyl (C=O) groups is 1. The van der Waals surface area contributed by atoms with Gasteiger partial charge in [-0.25, -0.2) is 8.42 Å². The van der Waals surface area contributed by atoms with Crippen molar-refractivity contribution in [2.75, 3.05) is 44.7 Å². The Balaban J connectivity index is 1.52. The number of anilines is 1. The summed E-state index contributed by atoms with van der Waals surface area (Å²) in [6.07, 6.45) is 0. The third-order valence-corrected chi connectivity index (χ3v) is 8.62. The molecule has 3 aromatic carbocycles. The van der Waals surface area contributed by atoms with Gasteiger partial charge in [0.1, 0.15) is 10.6 Å². The molecule has 0 saturated carbocycles. The van der Waals surface area contributed by atoms with Crippen LogP contribution in [0.15, 0.2) is 65.6 Å². The van der Waals surface area contributed by atoms with Crippen LogP contribution in [0.5, 0.6) is 5.75 Å². The number of hydrogen-bond donors (Lipinski definition) is 2. The summed E-state index contributed by atoms with van der Waals surface area (Å²) in [5.74, 6) is 0.332. The van der Waals surface area contributed by atoms with Crippen molar-refractivity contribution in [3.05, 3.63) is 87.4 Å². The van der Waals surface area contributed by atoms with Crippen molar-refractivity contribution in [1.82, 2.24) is 10.2 Å². The third-order valence-electron chi connectivity index (χ3n) is 6.35. The molecule has 0 spiro atoms. The Morgan fingerprint density at radius 1 is 1.03 bits per heavy atom. The van der Waals surface area contributed by atoms with E-state index in [0.717, 1.165) is 30.0 Å². The zero-order valence-corrected chi connectivity index (χ0v) is 23.4. The van der Waals surface area contributed by atoms with E-state index in [1.807, 2.05) is 31.2 Å². The van der Waals surface area contributed by atoms with Crippen molar-refractivity contribution in [1.29, 1.82) is 0 Å². The monoisotopic (exact) mass is 577 g/mol. The summed E-state index contributed by atoms with van der Waals surface area (Å²) in [4.78, 5) is 15.2. The zero-order valence-electron chi connectivity index (χ0n) is 21.0. The molecule has 3 aromatic rings. The standard InChI is InChI=1S/C27H29Cl2N3O5S/c1-18-3-7-21(16-24(18)29)31-38(34,35)26-15-20(6-10-23(26)28)27(33)30-17-25(32-11-13-37-14-12-32)19-4-8-22(36-2)9-5-19/h3-10,15-16,25,31H,11-14,17H2,1-2H3,(H,30,33). The summed E-state index contributed by atoms with van der Waals surface area (Å²) in [6, 6.07) is 16.6. The highest BCUT2D eigenvalue weighted by Crippen LogP contribution is 2.28. The lowest BCUT2D eigenvalue weighted by molar-refractivity contribution is 0.0162. The predicted octanol–water partition coefficient (Wildman–Crippen LogP) is 4.91. The minimum Gasteiger partial charge on any atom is -0.497 e. The molecule has 1 saturated heterocycles. The number of aryl methyl sites for hydroxylation is 1. The molecule has 1 fully saturated rings. The highest BCUT2D eigenvalue weighted by atomic mass is 35.5. The summed E-state index contributed by atoms with van der Waals surface area (Å²) < 4.78 is 39.5. The molecule has 0 radical (unpaired) electrons. The smallest absolute Gasteiger partial charge is 0.263 e. The van der Waals surface area contributed by atoms with E-state index in [2.05, 4.69) is 14.9 Å². The summed E-state index contributed by atoms with van der Waals surface area (Å²) in [5, 5.41) is 3.38. The maximum atomic E-state index is 13.1. The second kappa shape index (κ2) is 12.4. The van der Waals surface area contributed by atoms with Gasteiger partial charge in [-0.05, 0) is 60.5 Å². The molecule has 4 rings (SSSR count). The summed E-state index contributed by atoms with van der Waals surface area (Å²) in [6.45, 7) is 4.80. The molecule has 0 aromatic heterocycles. The molecule has 1 aliphatic heterocycles. The number of sulfonamides is 1. The molecule has 1 amide bonds. The van der Waals surface area contributed by atoms with Gasteiger partial charge >= 0.3 is 0 Å². The summed E-state index contributed by atoms with van der Waals surface area (Å²) in [5.41, 5.74) is 2.30. The number of methoxy groups -OCH3 is 1. The Morgan fingerprint density at radius 3 is 2.39 bits per heavy atom. The van der Waals surface area contributed by atoms with E-state index in [4.69, 9.17) is 32.7 Å². The zero-order chi connectivity index (χ0) is 27.3. The molecule has 0 bridgehead atoms. The molecule has 11 heteroatoms. The van der Waals surface area contributed by atoms with Gasteiger partial charge in [0.2, 0.25) is 0 Å². The molecular formula is C27H29Cl2N3O5S. The largest absolute Gasteiger partial charge is 0.497 e. The Morgan fingerprint density at radius 2 is 1.74 bits per heavy atom. The van der Waals surface area contributed by atoms with Crippen LogP contribution in [-0.2, 0) is 14.8 Å². The SMILES string of the molecule is COc1ccc(C(CNC(=O)c2ccc(Cl)c(S(=O)(=O)Nc3ccc(C)c(Cl)c3)c2)N2CCOCC2)cc1. The average Bonchev–Trinajstić information content (AvgIpc) is 2.91. The highest BCUT2D eigenvalue weighted by Gasteiger charge is 2.25. The number of hydrogen-bond acceptors (Lipinski definition) is 6. The maximum absolute atomic E-state index is 13.1. The number of rotatable bonds is 9. The number of carbonyl (C=O) groups excluding carboxylic acids is 1. The third kappa shape index (κ3) is 6.78. The van der Waals surface area contributed by atoms with Crippen LogP contribution in [0.4, 0.5) is 5.69 Å². The van der Waals surface area contributed by atoms with Crippen LogP contribution in [0.25, 0.3) is 0 Å². The average molecular weight is 579 g/mol. The van der Waals surface area contributed by atoms with E-state index in [1.54, 1.807) is 19.2 Å². The van der Waals surface area contributed by atoms with Crippen LogP contribution in [0.2, 0.25) is 10.0 Å². The number of ether oxygens (including phenoxy) is 2. The minimum absolute atomic E-state index is 0.00307. The predicted molar refractivity (Wildman–Crippen MR) is 149 cm³/mol. The molecule has 2 N–H and O–H groups in total. The first kappa shape index (κ1) is 28.2. The van der Waals surface area contributed by atoms with Gasteiger partial charge in [-0.3, -0.25) is 14.4 Å². The summed E-state index contributed by atoms with van der Waals surface area (Å²) in [7, 11) is -2.47. The topological polar surface area (TPSA) is 97.0 Å². The van der Waals surface area contributed by atoms with E-state index < -0.39 is 15.9 Å². The Bertz CT molecular complexity index is 1390. The Hall–Kier alpha value is -2.82. The van der Waals surface area contributed by atoms with Crippen LogP contribution < -0.4 is 14.8 Å². The number of nitrogens with one attached hydrogen (secondary N) is 2. The van der Waals surface area contributed by atoms with E-state index in [-0.39, 0.29) is 21.5 Å². The molecule has 8 nitrogen and oxygen atoms in total. The Kier molecular flexibility index (Phi) is 9.17. The van der Waals surface area contributed by atoms with Gasteiger partial charge in [-0.1, -0.05) is 41.4 Å². The number of halogens is 2. The maximum Gasteiger partial charge on any atom is 0.263 e. The van der Waals surface area contributed by atoms with E-state index >= 15 is 0 Å². The lowest BCUT2D eigenvalue weighted by atomic mass is 10.0. The van der Waals surface area contributed by atoms with Crippen molar-refractivity contribution in [2.24, 2.45) is 0 Å². The fourth-order valence-electron chi connectivity index (χ4n) is 4.18. The minimum atomic E-state index is -4.08. The van der Waals surface area contributed by atoms with E-state index in [0.29, 0.717) is 30.5 Å². The van der Waals surface area contributed by atoms with Gasteiger partial charge in [0.05, 0.1) is 37.1 Å². The second-order valence-corrected chi connectivity index (χ2v) is 11.3. The number of amides is 1. The van der Waals surface area contributed by atoms with Crippen molar-refractivity contribution >= 4 is 44.8 Å².